The van der Waals surface area contributed by atoms with Crippen LogP contribution in [0.1, 0.15) is 16.4 Å². The van der Waals surface area contributed by atoms with Gasteiger partial charge in [0.25, 0.3) is 5.91 Å². The van der Waals surface area contributed by atoms with Gasteiger partial charge in [-0.1, -0.05) is 0 Å². The summed E-state index contributed by atoms with van der Waals surface area (Å²) < 4.78 is 12.3. The maximum atomic E-state index is 12.6. The molecule has 9 nitrogen and oxygen atoms in total. The Hall–Kier alpha value is -3.75. The zero-order chi connectivity index (χ0) is 18.1. The number of nitrogens with zero attached hydrogens (tertiary/aromatic N) is 5. The topological polar surface area (TPSA) is 107 Å². The van der Waals surface area contributed by atoms with E-state index >= 15 is 0 Å². The molecule has 0 saturated heterocycles. The first kappa shape index (κ1) is 15.8. The van der Waals surface area contributed by atoms with E-state index in [-0.39, 0.29) is 11.6 Å². The number of hydrogen-bond donors (Lipinski definition) is 1. The van der Waals surface area contributed by atoms with Crippen LogP contribution in [-0.2, 0) is 0 Å². The zero-order valence-electron chi connectivity index (χ0n) is 14.0. The van der Waals surface area contributed by atoms with Crippen molar-refractivity contribution < 1.29 is 13.9 Å². The summed E-state index contributed by atoms with van der Waals surface area (Å²) in [5.41, 5.74) is 1.96. The van der Waals surface area contributed by atoms with E-state index in [9.17, 15) is 4.79 Å². The maximum absolute atomic E-state index is 12.6. The lowest BCUT2D eigenvalue weighted by Gasteiger charge is -2.10. The number of hydrogen-bond acceptors (Lipinski definition) is 7. The number of methoxy groups -OCH3 is 1. The SMILES string of the molecule is COc1ccc(-c2nnc(C)o2)cc1NC(=O)c1cc2ncccn2n1. The van der Waals surface area contributed by atoms with Crippen molar-refractivity contribution in [2.75, 3.05) is 12.4 Å². The molecule has 130 valence electrons. The molecule has 0 fully saturated rings. The van der Waals surface area contributed by atoms with Gasteiger partial charge in [0.05, 0.1) is 12.8 Å². The third-order valence-corrected chi connectivity index (χ3v) is 3.69. The van der Waals surface area contributed by atoms with Gasteiger partial charge in [0.2, 0.25) is 11.8 Å². The predicted molar refractivity (Wildman–Crippen MR) is 92.0 cm³/mol. The molecule has 0 aliphatic heterocycles. The highest BCUT2D eigenvalue weighted by molar-refractivity contribution is 6.04. The molecular formula is C17H14N6O3. The van der Waals surface area contributed by atoms with Gasteiger partial charge in [-0.15, -0.1) is 10.2 Å². The lowest BCUT2D eigenvalue weighted by Crippen LogP contribution is -2.13. The van der Waals surface area contributed by atoms with Crippen LogP contribution in [0.2, 0.25) is 0 Å². The van der Waals surface area contributed by atoms with E-state index in [0.29, 0.717) is 34.4 Å². The average molecular weight is 350 g/mol. The third kappa shape index (κ3) is 2.86. The van der Waals surface area contributed by atoms with Gasteiger partial charge in [-0.05, 0) is 24.3 Å². The first-order valence-corrected chi connectivity index (χ1v) is 7.74. The summed E-state index contributed by atoms with van der Waals surface area (Å²) in [4.78, 5) is 16.7. The molecule has 1 aromatic carbocycles. The molecule has 0 atom stereocenters. The van der Waals surface area contributed by atoms with Gasteiger partial charge in [0.1, 0.15) is 5.75 Å². The van der Waals surface area contributed by atoms with Crippen LogP contribution in [0.25, 0.3) is 17.1 Å². The summed E-state index contributed by atoms with van der Waals surface area (Å²) >= 11 is 0. The number of fused-ring (bicyclic) bond motifs is 1. The number of amides is 1. The normalized spacial score (nSPS) is 10.8. The van der Waals surface area contributed by atoms with Gasteiger partial charge in [-0.25, -0.2) is 9.50 Å². The fraction of sp³-hybridized carbons (Fsp3) is 0.118. The number of benzene rings is 1. The van der Waals surface area contributed by atoms with Crippen molar-refractivity contribution in [3.63, 3.8) is 0 Å². The van der Waals surface area contributed by atoms with E-state index in [1.54, 1.807) is 49.6 Å². The molecular weight excluding hydrogens is 336 g/mol. The monoisotopic (exact) mass is 350 g/mol. The first-order chi connectivity index (χ1) is 12.6. The highest BCUT2D eigenvalue weighted by Crippen LogP contribution is 2.30. The van der Waals surface area contributed by atoms with Crippen molar-refractivity contribution in [3.05, 3.63) is 54.3 Å². The van der Waals surface area contributed by atoms with Crippen LogP contribution in [0.4, 0.5) is 5.69 Å². The molecule has 4 rings (SSSR count). The Bertz CT molecular complexity index is 1070. The quantitative estimate of drug-likeness (QED) is 0.602. The summed E-state index contributed by atoms with van der Waals surface area (Å²) in [6, 6.07) is 8.54. The molecule has 3 aromatic heterocycles. The van der Waals surface area contributed by atoms with Gasteiger partial charge in [0.15, 0.2) is 11.3 Å². The Morgan fingerprint density at radius 3 is 2.88 bits per heavy atom. The van der Waals surface area contributed by atoms with Gasteiger partial charge >= 0.3 is 0 Å². The Kier molecular flexibility index (Phi) is 3.81. The molecule has 0 spiro atoms. The minimum absolute atomic E-state index is 0.241. The average Bonchev–Trinajstić information content (AvgIpc) is 3.27. The van der Waals surface area contributed by atoms with Crippen LogP contribution >= 0.6 is 0 Å². The van der Waals surface area contributed by atoms with Gasteiger partial charge in [-0.3, -0.25) is 4.79 Å². The van der Waals surface area contributed by atoms with Crippen molar-refractivity contribution in [1.29, 1.82) is 0 Å². The molecule has 9 heteroatoms. The lowest BCUT2D eigenvalue weighted by molar-refractivity contribution is 0.102. The maximum Gasteiger partial charge on any atom is 0.276 e. The molecule has 0 aliphatic rings. The Morgan fingerprint density at radius 1 is 1.27 bits per heavy atom. The van der Waals surface area contributed by atoms with Crippen molar-refractivity contribution >= 4 is 17.2 Å². The van der Waals surface area contributed by atoms with Crippen molar-refractivity contribution in [2.45, 2.75) is 6.92 Å². The third-order valence-electron chi connectivity index (χ3n) is 3.69. The van der Waals surface area contributed by atoms with Crippen LogP contribution in [0, 0.1) is 6.92 Å². The van der Waals surface area contributed by atoms with Crippen LogP contribution < -0.4 is 10.1 Å². The van der Waals surface area contributed by atoms with E-state index < -0.39 is 0 Å². The number of anilines is 1. The second-order valence-corrected chi connectivity index (χ2v) is 5.45. The largest absolute Gasteiger partial charge is 0.495 e. The number of aryl methyl sites for hydroxylation is 1. The van der Waals surface area contributed by atoms with Crippen molar-refractivity contribution in [2.24, 2.45) is 0 Å². The smallest absolute Gasteiger partial charge is 0.276 e. The van der Waals surface area contributed by atoms with E-state index in [4.69, 9.17) is 9.15 Å². The number of ether oxygens (including phenoxy) is 1. The highest BCUT2D eigenvalue weighted by Gasteiger charge is 2.16. The van der Waals surface area contributed by atoms with E-state index in [1.165, 1.54) is 11.6 Å². The highest BCUT2D eigenvalue weighted by atomic mass is 16.5. The van der Waals surface area contributed by atoms with Crippen LogP contribution in [0.3, 0.4) is 0 Å². The standard InChI is InChI=1S/C17H14N6O3/c1-10-20-21-17(26-10)11-4-5-14(25-2)12(8-11)19-16(24)13-9-15-18-6-3-7-23(15)22-13/h3-9H,1-2H3,(H,19,24). The number of carbonyl (C=O) groups excluding carboxylic acids is 1. The van der Waals surface area contributed by atoms with Crippen LogP contribution in [-0.4, -0.2) is 37.8 Å². The molecule has 0 bridgehead atoms. The minimum Gasteiger partial charge on any atom is -0.495 e. The second-order valence-electron chi connectivity index (χ2n) is 5.45. The Morgan fingerprint density at radius 2 is 2.15 bits per heavy atom. The number of carbonyl (C=O) groups is 1. The second kappa shape index (κ2) is 6.28. The molecule has 0 unspecified atom stereocenters. The molecule has 1 N–H and O–H groups in total. The predicted octanol–water partition coefficient (Wildman–Crippen LogP) is 2.35. The van der Waals surface area contributed by atoms with Gasteiger partial charge in [-0.2, -0.15) is 5.10 Å². The van der Waals surface area contributed by atoms with E-state index in [1.807, 2.05) is 0 Å². The summed E-state index contributed by atoms with van der Waals surface area (Å²) in [6.45, 7) is 1.71. The Labute approximate surface area is 147 Å². The molecule has 4 aromatic rings. The minimum atomic E-state index is -0.382. The summed E-state index contributed by atoms with van der Waals surface area (Å²) in [6.07, 6.45) is 3.36. The molecule has 26 heavy (non-hydrogen) atoms. The molecule has 1 amide bonds. The summed E-state index contributed by atoms with van der Waals surface area (Å²) in [5.74, 6) is 0.934. The molecule has 0 saturated carbocycles. The lowest BCUT2D eigenvalue weighted by atomic mass is 10.2. The van der Waals surface area contributed by atoms with Gasteiger partial charge in [0, 0.05) is 30.9 Å². The van der Waals surface area contributed by atoms with Crippen LogP contribution in [0.15, 0.2) is 47.1 Å². The number of rotatable bonds is 4. The van der Waals surface area contributed by atoms with Crippen molar-refractivity contribution in [1.82, 2.24) is 24.8 Å². The first-order valence-electron chi connectivity index (χ1n) is 7.74. The van der Waals surface area contributed by atoms with Crippen LogP contribution in [0.5, 0.6) is 5.75 Å². The summed E-state index contributed by atoms with van der Waals surface area (Å²) in [5, 5.41) is 14.8. The van der Waals surface area contributed by atoms with E-state index in [0.717, 1.165) is 0 Å². The van der Waals surface area contributed by atoms with Crippen molar-refractivity contribution in [3.8, 4) is 17.2 Å². The molecule has 0 radical (unpaired) electrons. The fourth-order valence-corrected chi connectivity index (χ4v) is 2.48. The fourth-order valence-electron chi connectivity index (χ4n) is 2.48. The molecule has 3 heterocycles. The Balaban J connectivity index is 1.66. The van der Waals surface area contributed by atoms with E-state index in [2.05, 4.69) is 25.6 Å². The summed E-state index contributed by atoms with van der Waals surface area (Å²) in [7, 11) is 1.52. The number of aromatic nitrogens is 5. The number of nitrogens with one attached hydrogen (secondary N) is 1. The molecule has 0 aliphatic carbocycles. The zero-order valence-corrected chi connectivity index (χ0v) is 14.0. The van der Waals surface area contributed by atoms with Gasteiger partial charge < -0.3 is 14.5 Å².